The monoisotopic (exact) mass is 491 g/mol. The number of carbonyl (C=O) groups is 1. The molecule has 5 rings (SSSR count). The second-order valence-corrected chi connectivity index (χ2v) is 10.1. The van der Waals surface area contributed by atoms with E-state index in [-0.39, 0.29) is 17.2 Å². The standard InChI is InChI=1S/C26H25N3O3S2/c30-22(27-15-16-32-19-11-5-2-6-12-19)17-33-26-28-24-23(20-13-7-8-14-21(20)34-24)25(31)29(26)18-9-3-1-4-10-18/h1-6,9-12H,7-8,13-17H2,(H,27,30). The highest BCUT2D eigenvalue weighted by Gasteiger charge is 2.23. The summed E-state index contributed by atoms with van der Waals surface area (Å²) in [5.41, 5.74) is 1.88. The van der Waals surface area contributed by atoms with E-state index in [0.717, 1.165) is 47.3 Å². The van der Waals surface area contributed by atoms with E-state index >= 15 is 0 Å². The number of nitrogens with one attached hydrogen (secondary N) is 1. The van der Waals surface area contributed by atoms with Crippen LogP contribution in [0.1, 0.15) is 23.3 Å². The van der Waals surface area contributed by atoms with Crippen molar-refractivity contribution < 1.29 is 9.53 Å². The number of benzene rings is 2. The Hall–Kier alpha value is -3.10. The number of hydrogen-bond donors (Lipinski definition) is 1. The summed E-state index contributed by atoms with van der Waals surface area (Å²) in [6.45, 7) is 0.796. The quantitative estimate of drug-likeness (QED) is 0.221. The minimum absolute atomic E-state index is 0.0465. The zero-order valence-electron chi connectivity index (χ0n) is 18.7. The molecule has 0 saturated heterocycles. The minimum Gasteiger partial charge on any atom is -0.492 e. The predicted molar refractivity (Wildman–Crippen MR) is 138 cm³/mol. The Labute approximate surface area is 206 Å². The van der Waals surface area contributed by atoms with E-state index in [2.05, 4.69) is 5.32 Å². The molecule has 1 aliphatic rings. The van der Waals surface area contributed by atoms with Gasteiger partial charge in [-0.2, -0.15) is 0 Å². The lowest BCUT2D eigenvalue weighted by Gasteiger charge is -2.13. The van der Waals surface area contributed by atoms with E-state index in [1.807, 2.05) is 60.7 Å². The maximum Gasteiger partial charge on any atom is 0.267 e. The maximum absolute atomic E-state index is 13.7. The Morgan fingerprint density at radius 3 is 2.59 bits per heavy atom. The van der Waals surface area contributed by atoms with Crippen molar-refractivity contribution in [2.75, 3.05) is 18.9 Å². The molecule has 8 heteroatoms. The van der Waals surface area contributed by atoms with Crippen LogP contribution in [0.2, 0.25) is 0 Å². The summed E-state index contributed by atoms with van der Waals surface area (Å²) in [5, 5.41) is 4.16. The zero-order chi connectivity index (χ0) is 23.3. The number of thioether (sulfide) groups is 1. The molecule has 34 heavy (non-hydrogen) atoms. The van der Waals surface area contributed by atoms with Crippen molar-refractivity contribution in [2.45, 2.75) is 30.8 Å². The fourth-order valence-corrected chi connectivity index (χ4v) is 6.29. The summed E-state index contributed by atoms with van der Waals surface area (Å²) in [4.78, 5) is 33.1. The third-order valence-electron chi connectivity index (χ3n) is 5.74. The van der Waals surface area contributed by atoms with Gasteiger partial charge >= 0.3 is 0 Å². The first-order valence-electron chi connectivity index (χ1n) is 11.4. The molecule has 2 aromatic heterocycles. The summed E-state index contributed by atoms with van der Waals surface area (Å²) >= 11 is 2.91. The number of fused-ring (bicyclic) bond motifs is 3. The molecule has 0 unspecified atom stereocenters. The number of nitrogens with zero attached hydrogens (tertiary/aromatic N) is 2. The second kappa shape index (κ2) is 10.4. The van der Waals surface area contributed by atoms with Crippen LogP contribution in [0.5, 0.6) is 5.75 Å². The lowest BCUT2D eigenvalue weighted by molar-refractivity contribution is -0.118. The highest BCUT2D eigenvalue weighted by molar-refractivity contribution is 7.99. The Morgan fingerprint density at radius 1 is 1.06 bits per heavy atom. The average Bonchev–Trinajstić information content (AvgIpc) is 3.25. The molecule has 4 aromatic rings. The van der Waals surface area contributed by atoms with Gasteiger partial charge in [0.15, 0.2) is 5.16 Å². The first-order valence-corrected chi connectivity index (χ1v) is 13.2. The molecule has 2 aromatic carbocycles. The Kier molecular flexibility index (Phi) is 6.97. The highest BCUT2D eigenvalue weighted by Crippen LogP contribution is 2.35. The van der Waals surface area contributed by atoms with Crippen molar-refractivity contribution in [1.82, 2.24) is 14.9 Å². The third-order valence-corrected chi connectivity index (χ3v) is 7.87. The summed E-state index contributed by atoms with van der Waals surface area (Å²) < 4.78 is 7.28. The summed E-state index contributed by atoms with van der Waals surface area (Å²) in [6, 6.07) is 19.0. The molecule has 1 aliphatic carbocycles. The van der Waals surface area contributed by atoms with Gasteiger partial charge in [-0.3, -0.25) is 14.2 Å². The number of thiophene rings is 1. The van der Waals surface area contributed by atoms with E-state index in [9.17, 15) is 9.59 Å². The van der Waals surface area contributed by atoms with Gasteiger partial charge in [0.2, 0.25) is 5.91 Å². The Balaban J connectivity index is 1.34. The molecular weight excluding hydrogens is 466 g/mol. The molecule has 0 saturated carbocycles. The molecule has 6 nitrogen and oxygen atoms in total. The summed E-state index contributed by atoms with van der Waals surface area (Å²) in [5.74, 6) is 0.816. The number of carbonyl (C=O) groups excluding carboxylic acids is 1. The first kappa shape index (κ1) is 22.7. The van der Waals surface area contributed by atoms with Crippen molar-refractivity contribution in [3.05, 3.63) is 81.5 Å². The van der Waals surface area contributed by atoms with Gasteiger partial charge in [-0.1, -0.05) is 48.2 Å². The number of hydrogen-bond acceptors (Lipinski definition) is 6. The van der Waals surface area contributed by atoms with Crippen molar-refractivity contribution in [1.29, 1.82) is 0 Å². The molecule has 1 amide bonds. The maximum atomic E-state index is 13.7. The number of aryl methyl sites for hydroxylation is 2. The number of aromatic nitrogens is 2. The van der Waals surface area contributed by atoms with Crippen LogP contribution in [0.25, 0.3) is 15.9 Å². The smallest absolute Gasteiger partial charge is 0.267 e. The fourth-order valence-electron chi connectivity index (χ4n) is 4.15. The number of ether oxygens (including phenoxy) is 1. The van der Waals surface area contributed by atoms with Crippen molar-refractivity contribution in [2.24, 2.45) is 0 Å². The topological polar surface area (TPSA) is 73.2 Å². The minimum atomic E-state index is -0.124. The molecule has 0 radical (unpaired) electrons. The lowest BCUT2D eigenvalue weighted by Crippen LogP contribution is -2.30. The van der Waals surface area contributed by atoms with Crippen LogP contribution in [0.15, 0.2) is 70.6 Å². The molecule has 0 atom stereocenters. The van der Waals surface area contributed by atoms with Crippen LogP contribution in [-0.2, 0) is 17.6 Å². The Morgan fingerprint density at radius 2 is 1.79 bits per heavy atom. The van der Waals surface area contributed by atoms with Crippen LogP contribution in [-0.4, -0.2) is 34.4 Å². The SMILES string of the molecule is O=C(CSc1nc2sc3c(c2c(=O)n1-c1ccccc1)CCCC3)NCCOc1ccccc1. The van der Waals surface area contributed by atoms with Gasteiger partial charge in [-0.15, -0.1) is 11.3 Å². The zero-order valence-corrected chi connectivity index (χ0v) is 20.3. The summed E-state index contributed by atoms with van der Waals surface area (Å²) in [6.07, 6.45) is 4.20. The van der Waals surface area contributed by atoms with Gasteiger partial charge in [0, 0.05) is 4.88 Å². The van der Waals surface area contributed by atoms with E-state index in [1.165, 1.54) is 22.2 Å². The van der Waals surface area contributed by atoms with Crippen molar-refractivity contribution in [3.8, 4) is 11.4 Å². The van der Waals surface area contributed by atoms with Gasteiger partial charge in [-0.05, 0) is 55.5 Å². The molecule has 1 N–H and O–H groups in total. The number of amides is 1. The molecule has 0 fully saturated rings. The van der Waals surface area contributed by atoms with Gasteiger partial charge in [-0.25, -0.2) is 4.98 Å². The molecule has 0 bridgehead atoms. The summed E-state index contributed by atoms with van der Waals surface area (Å²) in [7, 11) is 0. The van der Waals surface area contributed by atoms with Crippen molar-refractivity contribution >= 4 is 39.2 Å². The Bertz CT molecular complexity index is 1350. The van der Waals surface area contributed by atoms with E-state index in [0.29, 0.717) is 18.3 Å². The van der Waals surface area contributed by atoms with Gasteiger partial charge < -0.3 is 10.1 Å². The van der Waals surface area contributed by atoms with Gasteiger partial charge in [0.05, 0.1) is 23.4 Å². The van der Waals surface area contributed by atoms with Crippen LogP contribution in [0.3, 0.4) is 0 Å². The van der Waals surface area contributed by atoms with Gasteiger partial charge in [0.25, 0.3) is 5.56 Å². The first-order chi connectivity index (χ1) is 16.7. The van der Waals surface area contributed by atoms with Crippen LogP contribution >= 0.6 is 23.1 Å². The third kappa shape index (κ3) is 4.88. The molecule has 174 valence electrons. The van der Waals surface area contributed by atoms with E-state index < -0.39 is 0 Å². The molecule has 0 spiro atoms. The molecular formula is C26H25N3O3S2. The van der Waals surface area contributed by atoms with Crippen molar-refractivity contribution in [3.63, 3.8) is 0 Å². The lowest BCUT2D eigenvalue weighted by atomic mass is 9.97. The number of rotatable bonds is 8. The number of para-hydroxylation sites is 2. The fraction of sp³-hybridized carbons (Fsp3) is 0.269. The van der Waals surface area contributed by atoms with E-state index in [1.54, 1.807) is 15.9 Å². The molecule has 0 aliphatic heterocycles. The van der Waals surface area contributed by atoms with E-state index in [4.69, 9.17) is 9.72 Å². The van der Waals surface area contributed by atoms with Crippen LogP contribution in [0, 0.1) is 0 Å². The van der Waals surface area contributed by atoms with Crippen LogP contribution < -0.4 is 15.6 Å². The van der Waals surface area contributed by atoms with Crippen LogP contribution in [0.4, 0.5) is 0 Å². The normalized spacial score (nSPS) is 12.9. The highest BCUT2D eigenvalue weighted by atomic mass is 32.2. The van der Waals surface area contributed by atoms with Gasteiger partial charge in [0.1, 0.15) is 17.2 Å². The predicted octanol–water partition coefficient (Wildman–Crippen LogP) is 4.61. The largest absolute Gasteiger partial charge is 0.492 e. The second-order valence-electron chi connectivity index (χ2n) is 8.06. The average molecular weight is 492 g/mol. The molecule has 2 heterocycles.